The van der Waals surface area contributed by atoms with Gasteiger partial charge in [-0.25, -0.2) is 4.79 Å². The molecule has 2 N–H and O–H groups in total. The second-order valence-electron chi connectivity index (χ2n) is 9.29. The Morgan fingerprint density at radius 3 is 2.13 bits per heavy atom. The molecule has 1 saturated heterocycles. The van der Waals surface area contributed by atoms with Gasteiger partial charge in [0.1, 0.15) is 0 Å². The van der Waals surface area contributed by atoms with Crippen molar-refractivity contribution in [3.8, 4) is 0 Å². The predicted molar refractivity (Wildman–Crippen MR) is 120 cm³/mol. The molecule has 4 nitrogen and oxygen atoms in total. The van der Waals surface area contributed by atoms with Gasteiger partial charge in [-0.05, 0) is 74.1 Å². The molecule has 0 radical (unpaired) electrons. The lowest BCUT2D eigenvalue weighted by Gasteiger charge is -2.31. The third kappa shape index (κ3) is 4.11. The third-order valence-corrected chi connectivity index (χ3v) is 7.50. The molecule has 2 aliphatic heterocycles. The molecule has 2 atom stereocenters. The van der Waals surface area contributed by atoms with E-state index in [1.807, 2.05) is 30.3 Å². The minimum atomic E-state index is -0.0336. The molecule has 2 bridgehead atoms. The summed E-state index contributed by atoms with van der Waals surface area (Å²) >= 11 is 0. The number of carbonyl (C=O) groups is 1. The maximum atomic E-state index is 12.2. The zero-order valence-electron chi connectivity index (χ0n) is 17.7. The van der Waals surface area contributed by atoms with E-state index in [2.05, 4.69) is 39.8 Å². The van der Waals surface area contributed by atoms with Gasteiger partial charge in [-0.2, -0.15) is 0 Å². The molecule has 2 aromatic carbocycles. The van der Waals surface area contributed by atoms with E-state index in [0.29, 0.717) is 24.7 Å². The molecule has 0 aromatic heterocycles. The van der Waals surface area contributed by atoms with E-state index < -0.39 is 0 Å². The van der Waals surface area contributed by atoms with Crippen LogP contribution in [0.15, 0.2) is 54.6 Å². The highest BCUT2D eigenvalue weighted by molar-refractivity contribution is 5.74. The van der Waals surface area contributed by atoms with Crippen molar-refractivity contribution in [1.82, 2.24) is 15.5 Å². The SMILES string of the molecule is O=C(NCc1ccccc1)N[C@H]1CC[C@H](CCN2C3CCC2c2ccccc23)CC1. The smallest absolute Gasteiger partial charge is 0.315 e. The highest BCUT2D eigenvalue weighted by Gasteiger charge is 2.43. The summed E-state index contributed by atoms with van der Waals surface area (Å²) in [6.07, 6.45) is 8.65. The van der Waals surface area contributed by atoms with Gasteiger partial charge >= 0.3 is 6.03 Å². The predicted octanol–water partition coefficient (Wildman–Crippen LogP) is 5.33. The molecule has 4 heteroatoms. The highest BCUT2D eigenvalue weighted by Crippen LogP contribution is 2.53. The fourth-order valence-electron chi connectivity index (χ4n) is 5.90. The Balaban J connectivity index is 1.03. The highest BCUT2D eigenvalue weighted by atomic mass is 16.2. The number of nitrogens with zero attached hydrogens (tertiary/aromatic N) is 1. The summed E-state index contributed by atoms with van der Waals surface area (Å²) in [5.41, 5.74) is 4.31. The fraction of sp³-hybridized carbons (Fsp3) is 0.500. The first kappa shape index (κ1) is 19.6. The van der Waals surface area contributed by atoms with Crippen molar-refractivity contribution in [3.05, 3.63) is 71.3 Å². The Morgan fingerprint density at radius 1 is 0.833 bits per heavy atom. The molecular formula is C26H33N3O. The van der Waals surface area contributed by atoms with Gasteiger partial charge in [0, 0.05) is 24.7 Å². The first-order chi connectivity index (χ1) is 14.8. The second-order valence-corrected chi connectivity index (χ2v) is 9.29. The van der Waals surface area contributed by atoms with E-state index in [4.69, 9.17) is 0 Å². The van der Waals surface area contributed by atoms with Gasteiger partial charge in [-0.1, -0.05) is 54.6 Å². The largest absolute Gasteiger partial charge is 0.335 e. The summed E-state index contributed by atoms with van der Waals surface area (Å²) in [4.78, 5) is 15.0. The van der Waals surface area contributed by atoms with Gasteiger partial charge in [0.2, 0.25) is 0 Å². The summed E-state index contributed by atoms with van der Waals surface area (Å²) < 4.78 is 0. The van der Waals surface area contributed by atoms with Crippen molar-refractivity contribution in [2.24, 2.45) is 5.92 Å². The fourth-order valence-corrected chi connectivity index (χ4v) is 5.90. The Morgan fingerprint density at radius 2 is 1.47 bits per heavy atom. The topological polar surface area (TPSA) is 44.4 Å². The van der Waals surface area contributed by atoms with Gasteiger partial charge in [-0.15, -0.1) is 0 Å². The lowest BCUT2D eigenvalue weighted by atomic mass is 9.84. The van der Waals surface area contributed by atoms with Crippen LogP contribution in [0.1, 0.15) is 73.7 Å². The second kappa shape index (κ2) is 8.81. The third-order valence-electron chi connectivity index (χ3n) is 7.50. The normalized spacial score (nSPS) is 27.6. The molecule has 3 aliphatic rings. The van der Waals surface area contributed by atoms with Crippen molar-refractivity contribution < 1.29 is 4.79 Å². The molecular weight excluding hydrogens is 370 g/mol. The van der Waals surface area contributed by atoms with Gasteiger partial charge in [0.05, 0.1) is 0 Å². The van der Waals surface area contributed by atoms with Crippen LogP contribution in [0, 0.1) is 5.92 Å². The van der Waals surface area contributed by atoms with Crippen LogP contribution in [0.2, 0.25) is 0 Å². The maximum absolute atomic E-state index is 12.2. The van der Waals surface area contributed by atoms with E-state index >= 15 is 0 Å². The summed E-state index contributed by atoms with van der Waals surface area (Å²) in [6, 6.07) is 20.8. The van der Waals surface area contributed by atoms with Gasteiger partial charge < -0.3 is 10.6 Å². The first-order valence-corrected chi connectivity index (χ1v) is 11.7. The van der Waals surface area contributed by atoms with Crippen LogP contribution in [0.25, 0.3) is 0 Å². The van der Waals surface area contributed by atoms with Crippen molar-refractivity contribution in [1.29, 1.82) is 0 Å². The Hall–Kier alpha value is -2.33. The number of carbonyl (C=O) groups excluding carboxylic acids is 1. The molecule has 2 aromatic rings. The standard InChI is InChI=1S/C26H33N3O/c30-26(27-18-20-6-2-1-3-7-20)28-21-12-10-19(11-13-21)16-17-29-24-14-15-25(29)23-9-5-4-8-22(23)24/h1-9,19,21,24-25H,10-18H2,(H2,27,28,30)/t19-,21-,24?,25?. The Bertz CT molecular complexity index is 829. The number of nitrogens with one attached hydrogen (secondary N) is 2. The number of hydrogen-bond acceptors (Lipinski definition) is 2. The number of urea groups is 1. The minimum Gasteiger partial charge on any atom is -0.335 e. The van der Waals surface area contributed by atoms with Crippen LogP contribution in [0.4, 0.5) is 4.79 Å². The maximum Gasteiger partial charge on any atom is 0.315 e. The van der Waals surface area contributed by atoms with Crippen molar-refractivity contribution in [2.45, 2.75) is 69.6 Å². The summed E-state index contributed by atoms with van der Waals surface area (Å²) in [6.45, 7) is 1.81. The molecule has 5 rings (SSSR count). The summed E-state index contributed by atoms with van der Waals surface area (Å²) in [7, 11) is 0. The van der Waals surface area contributed by atoms with E-state index in [-0.39, 0.29) is 6.03 Å². The molecule has 158 valence electrons. The quantitative estimate of drug-likeness (QED) is 0.685. The van der Waals surface area contributed by atoms with Gasteiger partial charge in [0.15, 0.2) is 0 Å². The number of amides is 2. The number of rotatable bonds is 6. The van der Waals surface area contributed by atoms with Crippen LogP contribution >= 0.6 is 0 Å². The van der Waals surface area contributed by atoms with E-state index in [1.54, 1.807) is 11.1 Å². The van der Waals surface area contributed by atoms with Gasteiger partial charge in [0.25, 0.3) is 0 Å². The van der Waals surface area contributed by atoms with Crippen molar-refractivity contribution in [2.75, 3.05) is 6.54 Å². The van der Waals surface area contributed by atoms with Crippen LogP contribution in [-0.4, -0.2) is 23.5 Å². The average molecular weight is 404 g/mol. The summed E-state index contributed by atoms with van der Waals surface area (Å²) in [5.74, 6) is 0.804. The van der Waals surface area contributed by atoms with Gasteiger partial charge in [-0.3, -0.25) is 4.90 Å². The Labute approximate surface area is 180 Å². The van der Waals surface area contributed by atoms with E-state index in [0.717, 1.165) is 24.3 Å². The van der Waals surface area contributed by atoms with Crippen LogP contribution in [-0.2, 0) is 6.54 Å². The number of benzene rings is 2. The molecule has 2 heterocycles. The minimum absolute atomic E-state index is 0.0336. The molecule has 1 aliphatic carbocycles. The molecule has 2 unspecified atom stereocenters. The molecule has 0 spiro atoms. The average Bonchev–Trinajstić information content (AvgIpc) is 3.34. The van der Waals surface area contributed by atoms with Crippen LogP contribution in [0.3, 0.4) is 0 Å². The molecule has 2 fully saturated rings. The van der Waals surface area contributed by atoms with E-state index in [1.165, 1.54) is 38.6 Å². The van der Waals surface area contributed by atoms with E-state index in [9.17, 15) is 4.79 Å². The van der Waals surface area contributed by atoms with Crippen LogP contribution < -0.4 is 10.6 Å². The number of hydrogen-bond donors (Lipinski definition) is 2. The van der Waals surface area contributed by atoms with Crippen molar-refractivity contribution in [3.63, 3.8) is 0 Å². The Kier molecular flexibility index (Phi) is 5.76. The zero-order chi connectivity index (χ0) is 20.3. The summed E-state index contributed by atoms with van der Waals surface area (Å²) in [5, 5.41) is 6.17. The lowest BCUT2D eigenvalue weighted by molar-refractivity contribution is 0.185. The first-order valence-electron chi connectivity index (χ1n) is 11.7. The zero-order valence-corrected chi connectivity index (χ0v) is 17.7. The molecule has 2 amide bonds. The lowest BCUT2D eigenvalue weighted by Crippen LogP contribution is -2.43. The molecule has 30 heavy (non-hydrogen) atoms. The van der Waals surface area contributed by atoms with Crippen molar-refractivity contribution >= 4 is 6.03 Å². The molecule has 1 saturated carbocycles. The van der Waals surface area contributed by atoms with Crippen LogP contribution in [0.5, 0.6) is 0 Å². The monoisotopic (exact) mass is 403 g/mol. The number of fused-ring (bicyclic) bond motifs is 5.